The van der Waals surface area contributed by atoms with Crippen molar-refractivity contribution in [3.05, 3.63) is 34.3 Å². The minimum Gasteiger partial charge on any atom is -0.465 e. The molecule has 0 aliphatic carbocycles. The van der Waals surface area contributed by atoms with Crippen molar-refractivity contribution < 1.29 is 9.53 Å². The van der Waals surface area contributed by atoms with Gasteiger partial charge in [0.05, 0.1) is 16.4 Å². The van der Waals surface area contributed by atoms with E-state index >= 15 is 0 Å². The molecule has 0 radical (unpaired) electrons. The second-order valence-corrected chi connectivity index (χ2v) is 6.06. The molecule has 0 saturated heterocycles. The van der Waals surface area contributed by atoms with Crippen LogP contribution in [0, 0.1) is 0 Å². The van der Waals surface area contributed by atoms with Gasteiger partial charge in [0.25, 0.3) is 0 Å². The average Bonchev–Trinajstić information content (AvgIpc) is 2.15. The number of benzene rings is 1. The molecule has 1 rings (SSSR count). The Hall–Kier alpha value is -0.0600. The predicted molar refractivity (Wildman–Crippen MR) is 63.4 cm³/mol. The average molecular weight is 342 g/mol. The number of alkyl halides is 2. The van der Waals surface area contributed by atoms with Crippen molar-refractivity contribution in [2.45, 2.75) is 3.74 Å². The van der Waals surface area contributed by atoms with E-state index in [1.807, 2.05) is 0 Å². The Morgan fingerprint density at radius 2 is 2.07 bits per heavy atom. The van der Waals surface area contributed by atoms with Gasteiger partial charge in [-0.2, -0.15) is 0 Å². The molecule has 76 valence electrons. The van der Waals surface area contributed by atoms with Crippen LogP contribution in [0.2, 0.25) is 5.02 Å². The molecule has 0 atom stereocenters. The third-order valence-corrected chi connectivity index (χ3v) is 2.87. The van der Waals surface area contributed by atoms with Crippen molar-refractivity contribution in [1.82, 2.24) is 0 Å². The Morgan fingerprint density at radius 3 is 2.57 bits per heavy atom. The highest BCUT2D eigenvalue weighted by Gasteiger charge is 2.10. The zero-order chi connectivity index (χ0) is 10.7. The number of halogens is 3. The molecule has 0 amide bonds. The SMILES string of the molecule is COC(=O)c1cc(Cl)cc(C(Br)Br)c1. The van der Waals surface area contributed by atoms with Crippen molar-refractivity contribution in [2.75, 3.05) is 7.11 Å². The van der Waals surface area contributed by atoms with Crippen LogP contribution >= 0.6 is 43.5 Å². The Labute approximate surface area is 104 Å². The summed E-state index contributed by atoms with van der Waals surface area (Å²) in [6.07, 6.45) is 0. The van der Waals surface area contributed by atoms with Crippen molar-refractivity contribution in [3.8, 4) is 0 Å². The Bertz CT molecular complexity index is 353. The van der Waals surface area contributed by atoms with Gasteiger partial charge < -0.3 is 4.74 Å². The molecule has 0 bridgehead atoms. The molecule has 0 aliphatic heterocycles. The molecule has 14 heavy (non-hydrogen) atoms. The molecule has 0 aliphatic rings. The molecule has 0 aromatic heterocycles. The van der Waals surface area contributed by atoms with Crippen LogP contribution in [0.3, 0.4) is 0 Å². The van der Waals surface area contributed by atoms with Gasteiger partial charge >= 0.3 is 5.97 Å². The smallest absolute Gasteiger partial charge is 0.337 e. The van der Waals surface area contributed by atoms with Crippen LogP contribution in [0.4, 0.5) is 0 Å². The van der Waals surface area contributed by atoms with Gasteiger partial charge in [0.1, 0.15) is 0 Å². The van der Waals surface area contributed by atoms with Crippen molar-refractivity contribution in [1.29, 1.82) is 0 Å². The maximum Gasteiger partial charge on any atom is 0.337 e. The van der Waals surface area contributed by atoms with Crippen LogP contribution in [0.1, 0.15) is 19.7 Å². The van der Waals surface area contributed by atoms with Gasteiger partial charge in [0, 0.05) is 5.02 Å². The lowest BCUT2D eigenvalue weighted by Crippen LogP contribution is -2.01. The van der Waals surface area contributed by atoms with Gasteiger partial charge in [0.2, 0.25) is 0 Å². The van der Waals surface area contributed by atoms with Crippen LogP contribution in [0.15, 0.2) is 18.2 Å². The van der Waals surface area contributed by atoms with Gasteiger partial charge in [-0.05, 0) is 23.8 Å². The lowest BCUT2D eigenvalue weighted by atomic mass is 10.1. The van der Waals surface area contributed by atoms with E-state index in [9.17, 15) is 4.79 Å². The molecule has 0 saturated carbocycles. The van der Waals surface area contributed by atoms with E-state index < -0.39 is 5.97 Å². The molecule has 0 heterocycles. The summed E-state index contributed by atoms with van der Waals surface area (Å²) in [5.41, 5.74) is 1.32. The summed E-state index contributed by atoms with van der Waals surface area (Å²) in [6, 6.07) is 5.05. The van der Waals surface area contributed by atoms with E-state index in [-0.39, 0.29) is 3.74 Å². The van der Waals surface area contributed by atoms with Crippen molar-refractivity contribution >= 4 is 49.4 Å². The molecule has 0 unspecified atom stereocenters. The molecule has 1 aromatic rings. The molecular weight excluding hydrogens is 335 g/mol. The fourth-order valence-electron chi connectivity index (χ4n) is 0.974. The minimum atomic E-state index is -0.394. The number of methoxy groups -OCH3 is 1. The van der Waals surface area contributed by atoms with Gasteiger partial charge in [-0.25, -0.2) is 4.79 Å². The van der Waals surface area contributed by atoms with Gasteiger partial charge in [0.15, 0.2) is 0 Å². The maximum atomic E-state index is 11.2. The lowest BCUT2D eigenvalue weighted by Gasteiger charge is -2.05. The summed E-state index contributed by atoms with van der Waals surface area (Å²) in [6.45, 7) is 0. The Morgan fingerprint density at radius 1 is 1.43 bits per heavy atom. The second kappa shape index (κ2) is 5.14. The van der Waals surface area contributed by atoms with Crippen LogP contribution < -0.4 is 0 Å². The first-order valence-electron chi connectivity index (χ1n) is 3.71. The summed E-state index contributed by atoms with van der Waals surface area (Å²) in [4.78, 5) is 11.2. The summed E-state index contributed by atoms with van der Waals surface area (Å²) in [5.74, 6) is -0.394. The largest absolute Gasteiger partial charge is 0.465 e. The third kappa shape index (κ3) is 2.97. The maximum absolute atomic E-state index is 11.2. The monoisotopic (exact) mass is 340 g/mol. The third-order valence-electron chi connectivity index (χ3n) is 1.59. The van der Waals surface area contributed by atoms with Crippen LogP contribution in [0.25, 0.3) is 0 Å². The number of rotatable bonds is 2. The topological polar surface area (TPSA) is 26.3 Å². The van der Waals surface area contributed by atoms with E-state index in [0.29, 0.717) is 10.6 Å². The standard InChI is InChI=1S/C9H7Br2ClO2/c1-14-9(13)6-2-5(8(10)11)3-7(12)4-6/h2-4,8H,1H3. The Balaban J connectivity index is 3.13. The van der Waals surface area contributed by atoms with E-state index in [1.165, 1.54) is 7.11 Å². The predicted octanol–water partition coefficient (Wildman–Crippen LogP) is 3.92. The van der Waals surface area contributed by atoms with Gasteiger partial charge in [-0.1, -0.05) is 43.5 Å². The molecule has 5 heteroatoms. The fourth-order valence-corrected chi connectivity index (χ4v) is 1.75. The quantitative estimate of drug-likeness (QED) is 0.602. The van der Waals surface area contributed by atoms with E-state index in [4.69, 9.17) is 11.6 Å². The molecule has 0 spiro atoms. The Kier molecular flexibility index (Phi) is 4.41. The normalized spacial score (nSPS) is 10.4. The highest BCUT2D eigenvalue weighted by molar-refractivity contribution is 9.24. The van der Waals surface area contributed by atoms with E-state index in [2.05, 4.69) is 36.6 Å². The summed E-state index contributed by atoms with van der Waals surface area (Å²) < 4.78 is 4.57. The van der Waals surface area contributed by atoms with E-state index in [1.54, 1.807) is 18.2 Å². The van der Waals surface area contributed by atoms with Gasteiger partial charge in [-0.3, -0.25) is 0 Å². The highest BCUT2D eigenvalue weighted by atomic mass is 79.9. The first-order chi connectivity index (χ1) is 6.54. The van der Waals surface area contributed by atoms with Crippen molar-refractivity contribution in [3.63, 3.8) is 0 Å². The van der Waals surface area contributed by atoms with Crippen LogP contribution in [0.5, 0.6) is 0 Å². The molecule has 0 fully saturated rings. The molecular formula is C9H7Br2ClO2. The van der Waals surface area contributed by atoms with E-state index in [0.717, 1.165) is 5.56 Å². The zero-order valence-electron chi connectivity index (χ0n) is 7.26. The number of carbonyl (C=O) groups is 1. The summed E-state index contributed by atoms with van der Waals surface area (Å²) >= 11 is 12.5. The summed E-state index contributed by atoms with van der Waals surface area (Å²) in [7, 11) is 1.34. The van der Waals surface area contributed by atoms with Gasteiger partial charge in [-0.15, -0.1) is 0 Å². The lowest BCUT2D eigenvalue weighted by molar-refractivity contribution is 0.0600. The molecule has 1 aromatic carbocycles. The number of hydrogen-bond donors (Lipinski definition) is 0. The fraction of sp³-hybridized carbons (Fsp3) is 0.222. The first kappa shape index (κ1) is 12.0. The highest BCUT2D eigenvalue weighted by Crippen LogP contribution is 2.31. The number of ether oxygens (including phenoxy) is 1. The summed E-state index contributed by atoms with van der Waals surface area (Å²) in [5, 5.41) is 0.506. The zero-order valence-corrected chi connectivity index (χ0v) is 11.2. The molecule has 0 N–H and O–H groups in total. The number of carbonyl (C=O) groups excluding carboxylic acids is 1. The number of hydrogen-bond acceptors (Lipinski definition) is 2. The van der Waals surface area contributed by atoms with Crippen molar-refractivity contribution in [2.24, 2.45) is 0 Å². The molecule has 2 nitrogen and oxygen atoms in total. The first-order valence-corrected chi connectivity index (χ1v) is 5.92. The number of esters is 1. The van der Waals surface area contributed by atoms with Crippen LogP contribution in [-0.2, 0) is 4.74 Å². The van der Waals surface area contributed by atoms with Crippen LogP contribution in [-0.4, -0.2) is 13.1 Å². The minimum absolute atomic E-state index is 0.0305. The second-order valence-electron chi connectivity index (χ2n) is 2.57.